The molecule has 0 unspecified atom stereocenters. The number of nitrogen functional groups attached to an aromatic ring is 1. The smallest absolute Gasteiger partial charge is 0.323 e. The quantitative estimate of drug-likeness (QED) is 0.649. The van der Waals surface area contributed by atoms with E-state index in [9.17, 15) is 4.79 Å². The summed E-state index contributed by atoms with van der Waals surface area (Å²) >= 11 is 0. The molecule has 1 aliphatic heterocycles. The number of nitrogens with two attached hydrogens (primary N) is 1. The van der Waals surface area contributed by atoms with Gasteiger partial charge >= 0.3 is 6.03 Å². The van der Waals surface area contributed by atoms with Crippen LogP contribution in [-0.2, 0) is 6.42 Å². The Hall–Kier alpha value is -1.71. The second kappa shape index (κ2) is 3.46. The Bertz CT molecular complexity index is 401. The maximum absolute atomic E-state index is 11.8. The first-order valence-corrected chi connectivity index (χ1v) is 4.97. The maximum atomic E-state index is 11.8. The maximum Gasteiger partial charge on any atom is 0.323 e. The summed E-state index contributed by atoms with van der Waals surface area (Å²) in [6.45, 7) is 0.746. The van der Waals surface area contributed by atoms with Crippen LogP contribution in [0.3, 0.4) is 0 Å². The van der Waals surface area contributed by atoms with Crippen LogP contribution in [0.25, 0.3) is 0 Å². The molecule has 0 saturated heterocycles. The number of nitrogens with zero attached hydrogens (tertiary/aromatic N) is 2. The summed E-state index contributed by atoms with van der Waals surface area (Å²) in [5.41, 5.74) is 8.60. The minimum Gasteiger partial charge on any atom is -0.399 e. The topological polar surface area (TPSA) is 49.6 Å². The molecule has 1 aromatic rings. The van der Waals surface area contributed by atoms with Crippen LogP contribution in [-0.4, -0.2) is 31.6 Å². The fourth-order valence-corrected chi connectivity index (χ4v) is 1.86. The van der Waals surface area contributed by atoms with Gasteiger partial charge in [-0.1, -0.05) is 0 Å². The molecule has 0 aliphatic carbocycles. The summed E-state index contributed by atoms with van der Waals surface area (Å²) in [5, 5.41) is 0. The van der Waals surface area contributed by atoms with Gasteiger partial charge in [0.15, 0.2) is 0 Å². The van der Waals surface area contributed by atoms with E-state index in [0.29, 0.717) is 0 Å². The molecule has 1 aliphatic rings. The lowest BCUT2D eigenvalue weighted by Crippen LogP contribution is -2.38. The highest BCUT2D eigenvalue weighted by atomic mass is 16.2. The molecule has 0 fully saturated rings. The predicted octanol–water partition coefficient (Wildman–Crippen LogP) is 1.31. The average molecular weight is 205 g/mol. The molecule has 0 radical (unpaired) electrons. The predicted molar refractivity (Wildman–Crippen MR) is 61.0 cm³/mol. The molecule has 0 spiro atoms. The third-order valence-corrected chi connectivity index (χ3v) is 2.61. The fraction of sp³-hybridized carbons (Fsp3) is 0.364. The first-order chi connectivity index (χ1) is 7.09. The lowest BCUT2D eigenvalue weighted by Gasteiger charge is -2.21. The number of hydrogen-bond donors (Lipinski definition) is 1. The number of urea groups is 1. The van der Waals surface area contributed by atoms with Gasteiger partial charge in [0.1, 0.15) is 0 Å². The highest BCUT2D eigenvalue weighted by Gasteiger charge is 2.25. The Balaban J connectivity index is 2.33. The zero-order valence-electron chi connectivity index (χ0n) is 9.03. The largest absolute Gasteiger partial charge is 0.399 e. The van der Waals surface area contributed by atoms with Crippen LogP contribution in [0.2, 0.25) is 0 Å². The van der Waals surface area contributed by atoms with E-state index in [1.807, 2.05) is 18.2 Å². The van der Waals surface area contributed by atoms with Crippen molar-refractivity contribution in [2.24, 2.45) is 0 Å². The van der Waals surface area contributed by atoms with Crippen LogP contribution in [0.4, 0.5) is 16.2 Å². The molecule has 2 amide bonds. The summed E-state index contributed by atoms with van der Waals surface area (Å²) in [5.74, 6) is 0. The van der Waals surface area contributed by atoms with Crippen molar-refractivity contribution in [2.45, 2.75) is 6.42 Å². The molecule has 0 aromatic heterocycles. The van der Waals surface area contributed by atoms with Crippen LogP contribution in [0, 0.1) is 0 Å². The van der Waals surface area contributed by atoms with Gasteiger partial charge in [-0.2, -0.15) is 0 Å². The van der Waals surface area contributed by atoms with E-state index in [4.69, 9.17) is 5.73 Å². The van der Waals surface area contributed by atoms with E-state index in [1.165, 1.54) is 0 Å². The summed E-state index contributed by atoms with van der Waals surface area (Å²) in [6.07, 6.45) is 0.889. The Kier molecular flexibility index (Phi) is 2.26. The van der Waals surface area contributed by atoms with Crippen LogP contribution in [0.5, 0.6) is 0 Å². The van der Waals surface area contributed by atoms with Crippen LogP contribution in [0.15, 0.2) is 18.2 Å². The van der Waals surface area contributed by atoms with E-state index in [2.05, 4.69) is 0 Å². The third-order valence-electron chi connectivity index (χ3n) is 2.61. The van der Waals surface area contributed by atoms with Crippen LogP contribution in [0.1, 0.15) is 5.56 Å². The Labute approximate surface area is 89.3 Å². The number of fused-ring (bicyclic) bond motifs is 1. The Morgan fingerprint density at radius 1 is 1.47 bits per heavy atom. The van der Waals surface area contributed by atoms with E-state index in [0.717, 1.165) is 29.9 Å². The monoisotopic (exact) mass is 205 g/mol. The molecule has 4 heteroatoms. The van der Waals surface area contributed by atoms with Gasteiger partial charge in [-0.15, -0.1) is 0 Å². The van der Waals surface area contributed by atoms with Crippen molar-refractivity contribution in [2.75, 3.05) is 31.3 Å². The Morgan fingerprint density at radius 3 is 2.87 bits per heavy atom. The minimum atomic E-state index is 0.0264. The summed E-state index contributed by atoms with van der Waals surface area (Å²) in [4.78, 5) is 15.2. The molecular weight excluding hydrogens is 190 g/mol. The SMILES string of the molecule is CN(C)C(=O)N1CCc2cc(N)ccc21. The number of benzene rings is 1. The number of carbonyl (C=O) groups is 1. The van der Waals surface area contributed by atoms with Gasteiger partial charge in [-0.25, -0.2) is 4.79 Å². The number of amides is 2. The highest BCUT2D eigenvalue weighted by molar-refractivity contribution is 5.94. The summed E-state index contributed by atoms with van der Waals surface area (Å²) in [7, 11) is 3.52. The number of hydrogen-bond acceptors (Lipinski definition) is 2. The number of rotatable bonds is 0. The van der Waals surface area contributed by atoms with Gasteiger partial charge in [0.05, 0.1) is 0 Å². The van der Waals surface area contributed by atoms with Crippen molar-refractivity contribution in [3.8, 4) is 0 Å². The molecule has 15 heavy (non-hydrogen) atoms. The van der Waals surface area contributed by atoms with Crippen molar-refractivity contribution < 1.29 is 4.79 Å². The fourth-order valence-electron chi connectivity index (χ4n) is 1.86. The number of carbonyl (C=O) groups excluding carboxylic acids is 1. The Morgan fingerprint density at radius 2 is 2.20 bits per heavy atom. The van der Waals surface area contributed by atoms with E-state index >= 15 is 0 Å². The standard InChI is InChI=1S/C11H15N3O/c1-13(2)11(15)14-6-5-8-7-9(12)3-4-10(8)14/h3-4,7H,5-6,12H2,1-2H3. The molecule has 1 heterocycles. The normalized spacial score (nSPS) is 13.9. The molecule has 2 rings (SSSR count). The van der Waals surface area contributed by atoms with E-state index < -0.39 is 0 Å². The third kappa shape index (κ3) is 1.63. The first-order valence-electron chi connectivity index (χ1n) is 4.97. The zero-order valence-corrected chi connectivity index (χ0v) is 9.03. The van der Waals surface area contributed by atoms with Gasteiger partial charge in [0.2, 0.25) is 0 Å². The molecule has 1 aromatic carbocycles. The molecule has 80 valence electrons. The van der Waals surface area contributed by atoms with Gasteiger partial charge < -0.3 is 10.6 Å². The van der Waals surface area contributed by atoms with Crippen LogP contribution < -0.4 is 10.6 Å². The van der Waals surface area contributed by atoms with Gasteiger partial charge in [0.25, 0.3) is 0 Å². The van der Waals surface area contributed by atoms with Crippen molar-refractivity contribution in [1.29, 1.82) is 0 Å². The number of anilines is 2. The van der Waals surface area contributed by atoms with Crippen molar-refractivity contribution in [3.63, 3.8) is 0 Å². The van der Waals surface area contributed by atoms with Gasteiger partial charge in [0, 0.05) is 32.0 Å². The van der Waals surface area contributed by atoms with Crippen molar-refractivity contribution in [3.05, 3.63) is 23.8 Å². The summed E-state index contributed by atoms with van der Waals surface area (Å²) in [6, 6.07) is 5.72. The highest BCUT2D eigenvalue weighted by Crippen LogP contribution is 2.29. The van der Waals surface area contributed by atoms with Gasteiger partial charge in [-0.3, -0.25) is 4.90 Å². The van der Waals surface area contributed by atoms with E-state index in [1.54, 1.807) is 23.9 Å². The van der Waals surface area contributed by atoms with E-state index in [-0.39, 0.29) is 6.03 Å². The summed E-state index contributed by atoms with van der Waals surface area (Å²) < 4.78 is 0. The lowest BCUT2D eigenvalue weighted by molar-refractivity contribution is 0.224. The minimum absolute atomic E-state index is 0.0264. The second-order valence-electron chi connectivity index (χ2n) is 3.97. The van der Waals surface area contributed by atoms with Gasteiger partial charge in [-0.05, 0) is 30.2 Å². The van der Waals surface area contributed by atoms with Crippen molar-refractivity contribution >= 4 is 17.4 Å². The molecule has 4 nitrogen and oxygen atoms in total. The van der Waals surface area contributed by atoms with Crippen molar-refractivity contribution in [1.82, 2.24) is 4.90 Å². The molecule has 0 bridgehead atoms. The second-order valence-corrected chi connectivity index (χ2v) is 3.97. The lowest BCUT2D eigenvalue weighted by atomic mass is 10.1. The molecular formula is C11H15N3O. The average Bonchev–Trinajstić information content (AvgIpc) is 2.59. The molecule has 0 atom stereocenters. The van der Waals surface area contributed by atoms with Crippen LogP contribution >= 0.6 is 0 Å². The molecule has 2 N–H and O–H groups in total. The molecule has 0 saturated carbocycles. The zero-order chi connectivity index (χ0) is 11.0. The first kappa shape index (κ1) is 9.83.